The molecule has 0 bridgehead atoms. The van der Waals surface area contributed by atoms with Gasteiger partial charge in [-0.15, -0.1) is 0 Å². The molecule has 1 fully saturated rings. The molecule has 32 heavy (non-hydrogen) atoms. The van der Waals surface area contributed by atoms with Gasteiger partial charge in [0.2, 0.25) is 11.9 Å². The van der Waals surface area contributed by atoms with Gasteiger partial charge in [0, 0.05) is 13.1 Å². The maximum absolute atomic E-state index is 13.9. The molecular formula is C19H18F2N10O. The molecule has 0 spiro atoms. The van der Waals surface area contributed by atoms with Crippen LogP contribution in [0, 0.1) is 0 Å². The van der Waals surface area contributed by atoms with E-state index in [1.165, 1.54) is 10.8 Å². The van der Waals surface area contributed by atoms with E-state index in [1.807, 2.05) is 4.90 Å². The summed E-state index contributed by atoms with van der Waals surface area (Å²) in [6, 6.07) is 6.75. The molecule has 11 nitrogen and oxygen atoms in total. The molecule has 4 heterocycles. The van der Waals surface area contributed by atoms with Gasteiger partial charge in [-0.05, 0) is 12.1 Å². The van der Waals surface area contributed by atoms with Crippen LogP contribution in [-0.4, -0.2) is 60.8 Å². The highest BCUT2D eigenvalue weighted by atomic mass is 19.3. The Morgan fingerprint density at radius 2 is 1.69 bits per heavy atom. The van der Waals surface area contributed by atoms with Crippen molar-refractivity contribution in [2.45, 2.75) is 6.43 Å². The fourth-order valence-corrected chi connectivity index (χ4v) is 3.44. The lowest BCUT2D eigenvalue weighted by molar-refractivity contribution is 0.122. The number of nitrogens with two attached hydrogens (primary N) is 2. The number of fused-ring (bicyclic) bond motifs is 1. The molecule has 1 aliphatic heterocycles. The average Bonchev–Trinajstić information content (AvgIpc) is 3.21. The Balaban J connectivity index is 1.77. The van der Waals surface area contributed by atoms with Crippen molar-refractivity contribution in [2.24, 2.45) is 0 Å². The highest BCUT2D eigenvalue weighted by molar-refractivity contribution is 5.78. The van der Waals surface area contributed by atoms with Gasteiger partial charge in [0.15, 0.2) is 23.2 Å². The minimum Gasteiger partial charge on any atom is -0.382 e. The monoisotopic (exact) mass is 440 g/mol. The number of alkyl halides is 2. The molecule has 4 aromatic rings. The molecule has 1 saturated heterocycles. The Bertz CT molecular complexity index is 1290. The zero-order valence-corrected chi connectivity index (χ0v) is 16.7. The van der Waals surface area contributed by atoms with Crippen molar-refractivity contribution in [2.75, 3.05) is 42.7 Å². The maximum atomic E-state index is 13.9. The van der Waals surface area contributed by atoms with Crippen LogP contribution >= 0.6 is 0 Å². The Labute approximate surface area is 180 Å². The van der Waals surface area contributed by atoms with Crippen LogP contribution < -0.4 is 16.4 Å². The van der Waals surface area contributed by atoms with Crippen LogP contribution in [0.3, 0.4) is 0 Å². The van der Waals surface area contributed by atoms with E-state index in [4.69, 9.17) is 16.2 Å². The van der Waals surface area contributed by atoms with Gasteiger partial charge in [0.25, 0.3) is 6.43 Å². The van der Waals surface area contributed by atoms with Crippen LogP contribution in [0.5, 0.6) is 0 Å². The zero-order chi connectivity index (χ0) is 22.2. The summed E-state index contributed by atoms with van der Waals surface area (Å²) in [4.78, 5) is 27.5. The summed E-state index contributed by atoms with van der Waals surface area (Å²) < 4.78 is 34.4. The van der Waals surface area contributed by atoms with Crippen LogP contribution in [0.25, 0.3) is 28.5 Å². The number of anilines is 3. The third-order valence-corrected chi connectivity index (χ3v) is 4.92. The largest absolute Gasteiger partial charge is 0.382 e. The fourth-order valence-electron chi connectivity index (χ4n) is 3.44. The molecule has 0 unspecified atom stereocenters. The number of aromatic nitrogens is 7. The number of benzene rings is 1. The third kappa shape index (κ3) is 3.51. The van der Waals surface area contributed by atoms with Crippen molar-refractivity contribution in [3.05, 3.63) is 36.3 Å². The second-order valence-electron chi connectivity index (χ2n) is 6.98. The molecule has 164 valence electrons. The van der Waals surface area contributed by atoms with Crippen LogP contribution in [0.2, 0.25) is 0 Å². The quantitative estimate of drug-likeness (QED) is 0.479. The van der Waals surface area contributed by atoms with Crippen molar-refractivity contribution in [1.82, 2.24) is 34.5 Å². The number of hydrogen-bond donors (Lipinski definition) is 2. The molecular weight excluding hydrogens is 422 g/mol. The number of morpholine rings is 1. The number of nitrogen functional groups attached to an aromatic ring is 2. The normalized spacial score (nSPS) is 14.4. The Morgan fingerprint density at radius 3 is 2.47 bits per heavy atom. The summed E-state index contributed by atoms with van der Waals surface area (Å²) in [5.41, 5.74) is 12.7. The first-order valence-electron chi connectivity index (χ1n) is 9.74. The topological polar surface area (TPSA) is 147 Å². The minimum atomic E-state index is -2.85. The van der Waals surface area contributed by atoms with Crippen LogP contribution in [-0.2, 0) is 4.74 Å². The predicted octanol–water partition coefficient (Wildman–Crippen LogP) is 1.61. The van der Waals surface area contributed by atoms with E-state index in [0.717, 1.165) is 0 Å². The second-order valence-corrected chi connectivity index (χ2v) is 6.98. The zero-order valence-electron chi connectivity index (χ0n) is 16.7. The fraction of sp³-hybridized carbons (Fsp3) is 0.263. The standard InChI is InChI=1S/C19H18F2N10O/c20-14(21)17-25-10-3-1-2-4-11(10)31(17)19-28-16(13-15(23)24-9-12(22)26-13)27-18(29-19)30-5-7-32-8-6-30/h1-4,9,14H,5-8H2,(H2,22,26)(H2,23,24). The van der Waals surface area contributed by atoms with Crippen LogP contribution in [0.1, 0.15) is 12.2 Å². The lowest BCUT2D eigenvalue weighted by Gasteiger charge is -2.27. The molecule has 13 heteroatoms. The van der Waals surface area contributed by atoms with Crippen LogP contribution in [0.4, 0.5) is 26.4 Å². The molecule has 1 aliphatic rings. The van der Waals surface area contributed by atoms with Gasteiger partial charge in [-0.1, -0.05) is 12.1 Å². The SMILES string of the molecule is Nc1cnc(N)c(-c2nc(N3CCOCC3)nc(-n3c(C(F)F)nc4ccccc43)n2)n1. The Morgan fingerprint density at radius 1 is 0.938 bits per heavy atom. The van der Waals surface area contributed by atoms with E-state index >= 15 is 0 Å². The van der Waals surface area contributed by atoms with Gasteiger partial charge in [-0.2, -0.15) is 15.0 Å². The van der Waals surface area contributed by atoms with Crippen molar-refractivity contribution in [1.29, 1.82) is 0 Å². The highest BCUT2D eigenvalue weighted by Crippen LogP contribution is 2.29. The smallest absolute Gasteiger partial charge is 0.296 e. The van der Waals surface area contributed by atoms with Crippen molar-refractivity contribution in [3.8, 4) is 17.5 Å². The van der Waals surface area contributed by atoms with Crippen LogP contribution in [0.15, 0.2) is 30.5 Å². The molecule has 0 radical (unpaired) electrons. The number of imidazole rings is 1. The first-order chi connectivity index (χ1) is 15.5. The number of rotatable bonds is 4. The number of ether oxygens (including phenoxy) is 1. The summed E-state index contributed by atoms with van der Waals surface area (Å²) in [5, 5.41) is 0. The molecule has 0 saturated carbocycles. The summed E-state index contributed by atoms with van der Waals surface area (Å²) in [6.07, 6.45) is -1.55. The highest BCUT2D eigenvalue weighted by Gasteiger charge is 2.25. The third-order valence-electron chi connectivity index (χ3n) is 4.92. The van der Waals surface area contributed by atoms with E-state index in [1.54, 1.807) is 24.3 Å². The lowest BCUT2D eigenvalue weighted by atomic mass is 10.3. The summed E-state index contributed by atoms with van der Waals surface area (Å²) >= 11 is 0. The summed E-state index contributed by atoms with van der Waals surface area (Å²) in [5.74, 6) is -0.0204. The first kappa shape index (κ1) is 19.9. The van der Waals surface area contributed by atoms with Crippen molar-refractivity contribution >= 4 is 28.6 Å². The first-order valence-corrected chi connectivity index (χ1v) is 9.74. The predicted molar refractivity (Wildman–Crippen MR) is 112 cm³/mol. The molecule has 4 N–H and O–H groups in total. The molecule has 0 aliphatic carbocycles. The van der Waals surface area contributed by atoms with Gasteiger partial charge in [-0.25, -0.2) is 23.7 Å². The maximum Gasteiger partial charge on any atom is 0.296 e. The van der Waals surface area contributed by atoms with E-state index in [-0.39, 0.29) is 35.1 Å². The minimum absolute atomic E-state index is 0.0379. The van der Waals surface area contributed by atoms with Gasteiger partial charge in [0.05, 0.1) is 30.4 Å². The van der Waals surface area contributed by atoms with E-state index in [9.17, 15) is 8.78 Å². The lowest BCUT2D eigenvalue weighted by Crippen LogP contribution is -2.37. The van der Waals surface area contributed by atoms with Gasteiger partial charge >= 0.3 is 0 Å². The number of halogens is 2. The van der Waals surface area contributed by atoms with Gasteiger partial charge in [-0.3, -0.25) is 4.57 Å². The number of para-hydroxylation sites is 2. The van der Waals surface area contributed by atoms with Crippen molar-refractivity contribution in [3.63, 3.8) is 0 Å². The molecule has 1 aromatic carbocycles. The summed E-state index contributed by atoms with van der Waals surface area (Å²) in [6.45, 7) is 2.00. The van der Waals surface area contributed by atoms with Gasteiger partial charge < -0.3 is 21.1 Å². The van der Waals surface area contributed by atoms with Gasteiger partial charge in [0.1, 0.15) is 5.82 Å². The van der Waals surface area contributed by atoms with Crippen molar-refractivity contribution < 1.29 is 13.5 Å². The average molecular weight is 440 g/mol. The molecule has 3 aromatic heterocycles. The number of hydrogen-bond acceptors (Lipinski definition) is 10. The molecule has 5 rings (SSSR count). The molecule has 0 atom stereocenters. The van der Waals surface area contributed by atoms with E-state index in [0.29, 0.717) is 37.3 Å². The second kappa shape index (κ2) is 7.92. The van der Waals surface area contributed by atoms with E-state index in [2.05, 4.69) is 29.9 Å². The molecule has 0 amide bonds. The summed E-state index contributed by atoms with van der Waals surface area (Å²) in [7, 11) is 0. The number of nitrogens with zero attached hydrogens (tertiary/aromatic N) is 8. The Hall–Kier alpha value is -4.00. The van der Waals surface area contributed by atoms with E-state index < -0.39 is 12.2 Å². The Kier molecular flexibility index (Phi) is 4.93.